The van der Waals surface area contributed by atoms with Gasteiger partial charge in [0.15, 0.2) is 6.29 Å². The molecule has 0 heterocycles. The van der Waals surface area contributed by atoms with Crippen molar-refractivity contribution < 1.29 is 10.2 Å². The number of fused-ring (bicyclic) bond motifs is 1. The van der Waals surface area contributed by atoms with Gasteiger partial charge in [0, 0.05) is 6.42 Å². The zero-order valence-electron chi connectivity index (χ0n) is 11.7. The Labute approximate surface area is 105 Å². The van der Waals surface area contributed by atoms with Gasteiger partial charge >= 0.3 is 0 Å². The van der Waals surface area contributed by atoms with Gasteiger partial charge in [0.1, 0.15) is 0 Å². The molecular weight excluding hydrogens is 212 g/mol. The summed E-state index contributed by atoms with van der Waals surface area (Å²) in [4.78, 5) is 0. The van der Waals surface area contributed by atoms with Crippen molar-refractivity contribution in [2.75, 3.05) is 0 Å². The number of hydrogen-bond acceptors (Lipinski definition) is 2. The lowest BCUT2D eigenvalue weighted by Gasteiger charge is -2.38. The second kappa shape index (κ2) is 4.24. The van der Waals surface area contributed by atoms with Crippen LogP contribution in [0.2, 0.25) is 0 Å². The summed E-state index contributed by atoms with van der Waals surface area (Å²) in [5.41, 5.74) is 0.562. The van der Waals surface area contributed by atoms with E-state index in [4.69, 9.17) is 0 Å². The summed E-state index contributed by atoms with van der Waals surface area (Å²) < 4.78 is 0. The number of aliphatic hydroxyl groups is 2. The van der Waals surface area contributed by atoms with Gasteiger partial charge in [-0.2, -0.15) is 0 Å². The molecule has 2 saturated carbocycles. The molecule has 2 aliphatic rings. The van der Waals surface area contributed by atoms with Crippen LogP contribution in [0.15, 0.2) is 0 Å². The molecule has 100 valence electrons. The zero-order chi connectivity index (χ0) is 12.8. The molecule has 0 bridgehead atoms. The third-order valence-electron chi connectivity index (χ3n) is 6.20. The zero-order valence-corrected chi connectivity index (χ0v) is 11.7. The average Bonchev–Trinajstić information content (AvgIpc) is 2.62. The Balaban J connectivity index is 2.32. The van der Waals surface area contributed by atoms with Gasteiger partial charge in [-0.05, 0) is 47.8 Å². The third kappa shape index (κ3) is 1.84. The van der Waals surface area contributed by atoms with Crippen LogP contribution in [0.5, 0.6) is 0 Å². The van der Waals surface area contributed by atoms with Crippen LogP contribution in [-0.2, 0) is 0 Å². The quantitative estimate of drug-likeness (QED) is 0.744. The molecule has 0 aromatic heterocycles. The van der Waals surface area contributed by atoms with Gasteiger partial charge < -0.3 is 10.2 Å². The highest BCUT2D eigenvalue weighted by molar-refractivity contribution is 5.10. The van der Waals surface area contributed by atoms with Gasteiger partial charge in [-0.25, -0.2) is 0 Å². The fraction of sp³-hybridized carbons (Fsp3) is 1.00. The molecular formula is C15H28O2. The predicted octanol–water partition coefficient (Wildman–Crippen LogP) is 3.18. The smallest absolute Gasteiger partial charge is 0.151 e. The minimum absolute atomic E-state index is 0.193. The van der Waals surface area contributed by atoms with E-state index in [2.05, 4.69) is 27.7 Å². The second-order valence-corrected chi connectivity index (χ2v) is 7.08. The van der Waals surface area contributed by atoms with E-state index in [9.17, 15) is 10.2 Å². The first-order valence-electron chi connectivity index (χ1n) is 7.20. The molecule has 2 rings (SSSR count). The van der Waals surface area contributed by atoms with E-state index >= 15 is 0 Å². The van der Waals surface area contributed by atoms with Gasteiger partial charge in [0.2, 0.25) is 0 Å². The fourth-order valence-corrected chi connectivity index (χ4v) is 5.23. The van der Waals surface area contributed by atoms with Crippen molar-refractivity contribution in [3.05, 3.63) is 0 Å². The summed E-state index contributed by atoms with van der Waals surface area (Å²) in [5.74, 6) is 2.07. The van der Waals surface area contributed by atoms with Crippen molar-refractivity contribution in [2.45, 2.75) is 66.1 Å². The molecule has 2 heteroatoms. The van der Waals surface area contributed by atoms with Crippen molar-refractivity contribution >= 4 is 0 Å². The van der Waals surface area contributed by atoms with E-state index in [0.29, 0.717) is 23.7 Å². The standard InChI is InChI=1S/C15H28O2/c1-5-11-8-15(9-13(16)17)10(2)6-7-12(15)14(11,3)4/h10-13,16-17H,5-9H2,1-4H3/t10-,11+,12+,15-/m1/s1. The van der Waals surface area contributed by atoms with Crippen LogP contribution in [0, 0.1) is 28.6 Å². The maximum absolute atomic E-state index is 9.46. The molecule has 17 heavy (non-hydrogen) atoms. The summed E-state index contributed by atoms with van der Waals surface area (Å²) in [5, 5.41) is 18.9. The van der Waals surface area contributed by atoms with Crippen molar-refractivity contribution in [3.8, 4) is 0 Å². The van der Waals surface area contributed by atoms with E-state index in [1.807, 2.05) is 0 Å². The summed E-state index contributed by atoms with van der Waals surface area (Å²) >= 11 is 0. The normalized spacial score (nSPS) is 44.3. The third-order valence-corrected chi connectivity index (χ3v) is 6.20. The predicted molar refractivity (Wildman–Crippen MR) is 69.3 cm³/mol. The van der Waals surface area contributed by atoms with Crippen molar-refractivity contribution in [3.63, 3.8) is 0 Å². The molecule has 2 nitrogen and oxygen atoms in total. The Morgan fingerprint density at radius 2 is 1.88 bits per heavy atom. The fourth-order valence-electron chi connectivity index (χ4n) is 5.23. The van der Waals surface area contributed by atoms with Gasteiger partial charge in [-0.1, -0.05) is 34.1 Å². The molecule has 0 aliphatic heterocycles. The average molecular weight is 240 g/mol. The number of rotatable bonds is 3. The van der Waals surface area contributed by atoms with Crippen LogP contribution >= 0.6 is 0 Å². The molecule has 2 aliphatic carbocycles. The van der Waals surface area contributed by atoms with Crippen molar-refractivity contribution in [1.82, 2.24) is 0 Å². The highest BCUT2D eigenvalue weighted by atomic mass is 16.5. The van der Waals surface area contributed by atoms with Crippen molar-refractivity contribution in [1.29, 1.82) is 0 Å². The molecule has 0 amide bonds. The highest BCUT2D eigenvalue weighted by Crippen LogP contribution is 2.68. The highest BCUT2D eigenvalue weighted by Gasteiger charge is 2.61. The van der Waals surface area contributed by atoms with E-state index in [1.165, 1.54) is 25.7 Å². The van der Waals surface area contributed by atoms with E-state index in [1.54, 1.807) is 0 Å². The van der Waals surface area contributed by atoms with Crippen LogP contribution in [0.25, 0.3) is 0 Å². The van der Waals surface area contributed by atoms with E-state index in [-0.39, 0.29) is 5.41 Å². The molecule has 2 fully saturated rings. The van der Waals surface area contributed by atoms with E-state index in [0.717, 1.165) is 5.92 Å². The lowest BCUT2D eigenvalue weighted by atomic mass is 9.67. The first-order valence-corrected chi connectivity index (χ1v) is 7.20. The monoisotopic (exact) mass is 240 g/mol. The molecule has 4 atom stereocenters. The summed E-state index contributed by atoms with van der Waals surface area (Å²) in [7, 11) is 0. The van der Waals surface area contributed by atoms with Crippen LogP contribution in [0.4, 0.5) is 0 Å². The summed E-state index contributed by atoms with van der Waals surface area (Å²) in [6.07, 6.45) is 4.40. The Hall–Kier alpha value is -0.0800. The molecule has 2 N–H and O–H groups in total. The number of aliphatic hydroxyl groups excluding tert-OH is 1. The minimum Gasteiger partial charge on any atom is -0.368 e. The Morgan fingerprint density at radius 1 is 1.24 bits per heavy atom. The maximum atomic E-state index is 9.46. The minimum atomic E-state index is -1.13. The largest absolute Gasteiger partial charge is 0.368 e. The molecule has 0 aromatic rings. The lowest BCUT2D eigenvalue weighted by molar-refractivity contribution is -0.0876. The maximum Gasteiger partial charge on any atom is 0.151 e. The lowest BCUT2D eigenvalue weighted by Crippen LogP contribution is -2.34. The Bertz CT molecular complexity index is 285. The Kier molecular flexibility index (Phi) is 3.33. The van der Waals surface area contributed by atoms with Crippen LogP contribution in [-0.4, -0.2) is 16.5 Å². The van der Waals surface area contributed by atoms with Crippen LogP contribution in [0.3, 0.4) is 0 Å². The van der Waals surface area contributed by atoms with Crippen LogP contribution in [0.1, 0.15) is 59.8 Å². The van der Waals surface area contributed by atoms with E-state index < -0.39 is 6.29 Å². The summed E-state index contributed by atoms with van der Waals surface area (Å²) in [6, 6.07) is 0. The van der Waals surface area contributed by atoms with Gasteiger partial charge in [0.25, 0.3) is 0 Å². The van der Waals surface area contributed by atoms with Crippen LogP contribution < -0.4 is 0 Å². The first kappa shape index (κ1) is 13.4. The van der Waals surface area contributed by atoms with Gasteiger partial charge in [-0.15, -0.1) is 0 Å². The summed E-state index contributed by atoms with van der Waals surface area (Å²) in [6.45, 7) is 9.39. The second-order valence-electron chi connectivity index (χ2n) is 7.08. The Morgan fingerprint density at radius 3 is 2.41 bits per heavy atom. The molecule has 0 aromatic carbocycles. The molecule has 0 radical (unpaired) electrons. The molecule has 0 saturated heterocycles. The molecule has 0 spiro atoms. The van der Waals surface area contributed by atoms with Crippen molar-refractivity contribution in [2.24, 2.45) is 28.6 Å². The number of hydrogen-bond donors (Lipinski definition) is 2. The van der Waals surface area contributed by atoms with Gasteiger partial charge in [0.05, 0.1) is 0 Å². The van der Waals surface area contributed by atoms with Gasteiger partial charge in [-0.3, -0.25) is 0 Å². The topological polar surface area (TPSA) is 40.5 Å². The molecule has 0 unspecified atom stereocenters. The SMILES string of the molecule is CC[C@H]1C[C@@]2(CC(O)O)[C@H](C)CC[C@H]2C1(C)C. The first-order chi connectivity index (χ1) is 7.84.